The van der Waals surface area contributed by atoms with Gasteiger partial charge in [-0.3, -0.25) is 4.79 Å². The third-order valence-corrected chi connectivity index (χ3v) is 6.43. The van der Waals surface area contributed by atoms with Gasteiger partial charge >= 0.3 is 12.4 Å². The van der Waals surface area contributed by atoms with Crippen LogP contribution in [0.15, 0.2) is 17.0 Å². The normalized spacial score (nSPS) is 19.2. The second-order valence-electron chi connectivity index (χ2n) is 5.99. The lowest BCUT2D eigenvalue weighted by molar-refractivity contribution is -0.159. The van der Waals surface area contributed by atoms with Gasteiger partial charge in [0.25, 0.3) is 0 Å². The van der Waals surface area contributed by atoms with E-state index in [1.807, 2.05) is 0 Å². The summed E-state index contributed by atoms with van der Waals surface area (Å²) in [6.07, 6.45) is -9.28. The highest BCUT2D eigenvalue weighted by molar-refractivity contribution is 8.01. The van der Waals surface area contributed by atoms with Crippen LogP contribution in [0.4, 0.5) is 36.4 Å². The first-order valence-electron chi connectivity index (χ1n) is 7.74. The SMILES string of the molecule is Cc1cc(F)c(NCC2SCC(=O)N2CC(F)(F)F)cc1[S+]([O-])CC(F)(F)F. The molecule has 1 heterocycles. The number of halogens is 7. The summed E-state index contributed by atoms with van der Waals surface area (Å²) in [6.45, 7) is -0.423. The van der Waals surface area contributed by atoms with Gasteiger partial charge in [0.2, 0.25) is 11.7 Å². The van der Waals surface area contributed by atoms with Crippen molar-refractivity contribution in [1.82, 2.24) is 4.90 Å². The third kappa shape index (κ3) is 6.34. The number of anilines is 1. The first-order chi connectivity index (χ1) is 12.8. The maximum Gasteiger partial charge on any atom is 0.433 e. The van der Waals surface area contributed by atoms with Crippen molar-refractivity contribution in [3.63, 3.8) is 0 Å². The van der Waals surface area contributed by atoms with E-state index in [0.717, 1.165) is 23.9 Å². The van der Waals surface area contributed by atoms with E-state index in [0.29, 0.717) is 4.90 Å². The molecule has 0 saturated carbocycles. The lowest BCUT2D eigenvalue weighted by atomic mass is 10.2. The largest absolute Gasteiger partial charge is 0.611 e. The van der Waals surface area contributed by atoms with Crippen molar-refractivity contribution in [2.75, 3.05) is 29.9 Å². The predicted octanol–water partition coefficient (Wildman–Crippen LogP) is 3.68. The summed E-state index contributed by atoms with van der Waals surface area (Å²) in [5.41, 5.74) is -0.252. The minimum absolute atomic E-state index is 0.0507. The molecule has 1 N–H and O–H groups in total. The number of nitrogens with zero attached hydrogens (tertiary/aromatic N) is 1. The van der Waals surface area contributed by atoms with Crippen molar-refractivity contribution in [3.05, 3.63) is 23.5 Å². The molecule has 13 heteroatoms. The lowest BCUT2D eigenvalue weighted by Crippen LogP contribution is -2.42. The number of alkyl halides is 6. The van der Waals surface area contributed by atoms with Crippen molar-refractivity contribution < 1.29 is 40.1 Å². The summed E-state index contributed by atoms with van der Waals surface area (Å²) >= 11 is -1.54. The fraction of sp³-hybridized carbons (Fsp3) is 0.533. The van der Waals surface area contributed by atoms with E-state index in [1.54, 1.807) is 0 Å². The Morgan fingerprint density at radius 1 is 1.25 bits per heavy atom. The molecule has 1 fully saturated rings. The predicted molar refractivity (Wildman–Crippen MR) is 91.0 cm³/mol. The molecular formula is C15H15F7N2O2S2. The average Bonchev–Trinajstić information content (AvgIpc) is 2.83. The van der Waals surface area contributed by atoms with Gasteiger partial charge < -0.3 is 14.8 Å². The monoisotopic (exact) mass is 452 g/mol. The second kappa shape index (κ2) is 8.57. The van der Waals surface area contributed by atoms with E-state index in [1.165, 1.54) is 6.92 Å². The van der Waals surface area contributed by atoms with E-state index in [9.17, 15) is 40.1 Å². The lowest BCUT2D eigenvalue weighted by Gasteiger charge is -2.25. The summed E-state index contributed by atoms with van der Waals surface area (Å²) < 4.78 is 101. The number of rotatable bonds is 6. The van der Waals surface area contributed by atoms with Gasteiger partial charge in [0.05, 0.1) is 16.8 Å². The molecule has 0 radical (unpaired) electrons. The zero-order chi connectivity index (χ0) is 21.3. The number of benzene rings is 1. The topological polar surface area (TPSA) is 55.4 Å². The van der Waals surface area contributed by atoms with Crippen LogP contribution in [0.2, 0.25) is 0 Å². The second-order valence-corrected chi connectivity index (χ2v) is 8.57. The zero-order valence-corrected chi connectivity index (χ0v) is 15.9. The number of hydrogen-bond donors (Lipinski definition) is 1. The van der Waals surface area contributed by atoms with Crippen LogP contribution in [0.1, 0.15) is 5.56 Å². The molecule has 1 aromatic carbocycles. The minimum atomic E-state index is -4.68. The molecule has 0 aromatic heterocycles. The highest BCUT2D eigenvalue weighted by Gasteiger charge is 2.40. The van der Waals surface area contributed by atoms with Crippen LogP contribution in [0.25, 0.3) is 0 Å². The number of carbonyl (C=O) groups is 1. The molecule has 1 amide bonds. The van der Waals surface area contributed by atoms with Crippen LogP contribution in [-0.4, -0.2) is 57.7 Å². The van der Waals surface area contributed by atoms with Crippen molar-refractivity contribution in [2.45, 2.75) is 29.5 Å². The fourth-order valence-electron chi connectivity index (χ4n) is 2.51. The van der Waals surface area contributed by atoms with Gasteiger partial charge in [-0.25, -0.2) is 4.39 Å². The Morgan fingerprint density at radius 2 is 1.89 bits per heavy atom. The fourth-order valence-corrected chi connectivity index (χ4v) is 4.70. The number of thioether (sulfide) groups is 1. The number of nitrogens with one attached hydrogen (secondary N) is 1. The average molecular weight is 452 g/mol. The Hall–Kier alpha value is -1.34. The summed E-state index contributed by atoms with van der Waals surface area (Å²) in [4.78, 5) is 12.0. The molecular weight excluding hydrogens is 437 g/mol. The molecule has 2 atom stereocenters. The molecule has 158 valence electrons. The minimum Gasteiger partial charge on any atom is -0.611 e. The first kappa shape index (κ1) is 22.9. The molecule has 1 aliphatic heterocycles. The van der Waals surface area contributed by atoms with Crippen LogP contribution in [0, 0.1) is 12.7 Å². The quantitative estimate of drug-likeness (QED) is 0.529. The van der Waals surface area contributed by atoms with Gasteiger partial charge in [0, 0.05) is 18.2 Å². The Balaban J connectivity index is 2.13. The van der Waals surface area contributed by atoms with E-state index >= 15 is 0 Å². The van der Waals surface area contributed by atoms with Crippen LogP contribution < -0.4 is 5.32 Å². The highest BCUT2D eigenvalue weighted by atomic mass is 32.2. The van der Waals surface area contributed by atoms with Gasteiger partial charge in [-0.05, 0) is 24.2 Å². The molecule has 1 saturated heterocycles. The molecule has 2 unspecified atom stereocenters. The zero-order valence-electron chi connectivity index (χ0n) is 14.3. The molecule has 4 nitrogen and oxygen atoms in total. The molecule has 0 spiro atoms. The molecule has 0 bridgehead atoms. The maximum absolute atomic E-state index is 14.1. The van der Waals surface area contributed by atoms with Crippen LogP contribution in [0.3, 0.4) is 0 Å². The van der Waals surface area contributed by atoms with Gasteiger partial charge in [-0.2, -0.15) is 26.3 Å². The molecule has 0 aliphatic carbocycles. The highest BCUT2D eigenvalue weighted by Crippen LogP contribution is 2.31. The van der Waals surface area contributed by atoms with Gasteiger partial charge in [0.15, 0.2) is 4.90 Å². The standard InChI is InChI=1S/C15H15F7N2O2S2/c1-8-2-9(16)10(3-11(8)28(26)7-15(20,21)22)23-4-13-24(6-14(17,18)19)12(25)5-27-13/h2-3,13,23H,4-7H2,1H3. The number of carbonyl (C=O) groups excluding carboxylic acids is 1. The maximum atomic E-state index is 14.1. The Morgan fingerprint density at radius 3 is 2.46 bits per heavy atom. The molecule has 2 rings (SSSR count). The van der Waals surface area contributed by atoms with Crippen LogP contribution in [0.5, 0.6) is 0 Å². The Bertz CT molecular complexity index is 728. The van der Waals surface area contributed by atoms with Crippen molar-refractivity contribution in [1.29, 1.82) is 0 Å². The van der Waals surface area contributed by atoms with Crippen molar-refractivity contribution in [2.24, 2.45) is 0 Å². The van der Waals surface area contributed by atoms with Crippen LogP contribution >= 0.6 is 11.8 Å². The number of aryl methyl sites for hydroxylation is 1. The van der Waals surface area contributed by atoms with Crippen molar-refractivity contribution >= 4 is 34.5 Å². The van der Waals surface area contributed by atoms with Gasteiger partial charge in [-0.1, -0.05) is 0 Å². The molecule has 28 heavy (non-hydrogen) atoms. The number of hydrogen-bond acceptors (Lipinski definition) is 4. The summed E-state index contributed by atoms with van der Waals surface area (Å²) in [6, 6.07) is 1.84. The summed E-state index contributed by atoms with van der Waals surface area (Å²) in [7, 11) is 0. The number of amides is 1. The van der Waals surface area contributed by atoms with Crippen molar-refractivity contribution in [3.8, 4) is 0 Å². The smallest absolute Gasteiger partial charge is 0.433 e. The first-order valence-corrected chi connectivity index (χ1v) is 10.1. The Kier molecular flexibility index (Phi) is 7.03. The third-order valence-electron chi connectivity index (χ3n) is 3.69. The van der Waals surface area contributed by atoms with E-state index in [2.05, 4.69) is 5.32 Å². The van der Waals surface area contributed by atoms with E-state index in [-0.39, 0.29) is 28.4 Å². The Labute approximate surface area is 163 Å². The van der Waals surface area contributed by atoms with E-state index in [4.69, 9.17) is 0 Å². The van der Waals surface area contributed by atoms with Gasteiger partial charge in [0.1, 0.15) is 12.4 Å². The van der Waals surface area contributed by atoms with Gasteiger partial charge in [-0.15, -0.1) is 11.8 Å². The molecule has 1 aliphatic rings. The van der Waals surface area contributed by atoms with E-state index < -0.39 is 52.9 Å². The summed E-state index contributed by atoms with van der Waals surface area (Å²) in [5, 5.41) is 1.57. The molecule has 1 aromatic rings. The van der Waals surface area contributed by atoms with Crippen LogP contribution in [-0.2, 0) is 16.0 Å². The summed E-state index contributed by atoms with van der Waals surface area (Å²) in [5.74, 6) is -3.35.